The van der Waals surface area contributed by atoms with Crippen LogP contribution >= 0.6 is 0 Å². The molecule has 2 rings (SSSR count). The summed E-state index contributed by atoms with van der Waals surface area (Å²) < 4.78 is 26.0. The summed E-state index contributed by atoms with van der Waals surface area (Å²) in [5, 5.41) is 3.26. The first-order valence-corrected chi connectivity index (χ1v) is 6.82. The van der Waals surface area contributed by atoms with E-state index in [0.717, 1.165) is 18.7 Å². The van der Waals surface area contributed by atoms with Crippen LogP contribution in [0, 0.1) is 17.0 Å². The SMILES string of the molecule is CNCC1(CN(C)Cc2ccc(F)c(F)c2)CCC1. The van der Waals surface area contributed by atoms with E-state index in [-0.39, 0.29) is 0 Å². The summed E-state index contributed by atoms with van der Waals surface area (Å²) in [4.78, 5) is 2.20. The third-order valence-corrected chi connectivity index (χ3v) is 4.01. The topological polar surface area (TPSA) is 15.3 Å². The van der Waals surface area contributed by atoms with Crippen molar-refractivity contribution in [3.05, 3.63) is 35.4 Å². The lowest BCUT2D eigenvalue weighted by atomic mass is 9.68. The second kappa shape index (κ2) is 5.97. The van der Waals surface area contributed by atoms with Crippen LogP contribution in [0.2, 0.25) is 0 Å². The molecule has 0 aliphatic heterocycles. The van der Waals surface area contributed by atoms with Gasteiger partial charge >= 0.3 is 0 Å². The molecular formula is C15H22F2N2. The van der Waals surface area contributed by atoms with Crippen LogP contribution in [0.25, 0.3) is 0 Å². The number of benzene rings is 1. The molecule has 0 aromatic heterocycles. The van der Waals surface area contributed by atoms with Crippen molar-refractivity contribution in [1.29, 1.82) is 0 Å². The molecule has 0 saturated heterocycles. The Morgan fingerprint density at radius 1 is 1.26 bits per heavy atom. The maximum absolute atomic E-state index is 13.2. The third kappa shape index (κ3) is 3.51. The van der Waals surface area contributed by atoms with Gasteiger partial charge in [-0.25, -0.2) is 8.78 Å². The number of hydrogen-bond donors (Lipinski definition) is 1. The van der Waals surface area contributed by atoms with Crippen molar-refractivity contribution in [3.63, 3.8) is 0 Å². The van der Waals surface area contributed by atoms with Crippen LogP contribution in [0.3, 0.4) is 0 Å². The molecule has 0 heterocycles. The van der Waals surface area contributed by atoms with Crippen LogP contribution in [-0.4, -0.2) is 32.1 Å². The average molecular weight is 268 g/mol. The van der Waals surface area contributed by atoms with Gasteiger partial charge in [0.1, 0.15) is 0 Å². The fourth-order valence-corrected chi connectivity index (χ4v) is 3.02. The van der Waals surface area contributed by atoms with Gasteiger partial charge < -0.3 is 10.2 Å². The van der Waals surface area contributed by atoms with Gasteiger partial charge in [-0.2, -0.15) is 0 Å². The summed E-state index contributed by atoms with van der Waals surface area (Å²) in [5.74, 6) is -1.54. The summed E-state index contributed by atoms with van der Waals surface area (Å²) in [5.41, 5.74) is 1.18. The van der Waals surface area contributed by atoms with Crippen LogP contribution in [0.4, 0.5) is 8.78 Å². The van der Waals surface area contributed by atoms with E-state index < -0.39 is 11.6 Å². The first-order chi connectivity index (χ1) is 9.04. The van der Waals surface area contributed by atoms with Crippen molar-refractivity contribution in [3.8, 4) is 0 Å². The number of nitrogens with one attached hydrogen (secondary N) is 1. The van der Waals surface area contributed by atoms with Gasteiger partial charge in [-0.05, 0) is 50.0 Å². The van der Waals surface area contributed by atoms with E-state index in [9.17, 15) is 8.78 Å². The van der Waals surface area contributed by atoms with Gasteiger partial charge in [0.2, 0.25) is 0 Å². The molecular weight excluding hydrogens is 246 g/mol. The minimum absolute atomic E-state index is 0.363. The van der Waals surface area contributed by atoms with E-state index in [1.807, 2.05) is 14.1 Å². The molecule has 1 aliphatic carbocycles. The highest BCUT2D eigenvalue weighted by atomic mass is 19.2. The minimum Gasteiger partial charge on any atom is -0.319 e. The Bertz CT molecular complexity index is 430. The van der Waals surface area contributed by atoms with E-state index in [1.165, 1.54) is 31.4 Å². The van der Waals surface area contributed by atoms with Gasteiger partial charge in [-0.1, -0.05) is 12.5 Å². The van der Waals surface area contributed by atoms with Gasteiger partial charge in [-0.15, -0.1) is 0 Å². The van der Waals surface area contributed by atoms with E-state index in [1.54, 1.807) is 6.07 Å². The van der Waals surface area contributed by atoms with Crippen LogP contribution in [-0.2, 0) is 6.54 Å². The molecule has 4 heteroatoms. The zero-order valence-corrected chi connectivity index (χ0v) is 11.7. The molecule has 1 fully saturated rings. The van der Waals surface area contributed by atoms with E-state index in [0.29, 0.717) is 12.0 Å². The predicted octanol–water partition coefficient (Wildman–Crippen LogP) is 2.79. The molecule has 19 heavy (non-hydrogen) atoms. The van der Waals surface area contributed by atoms with Crippen molar-refractivity contribution >= 4 is 0 Å². The van der Waals surface area contributed by atoms with Crippen LogP contribution < -0.4 is 5.32 Å². The lowest BCUT2D eigenvalue weighted by Crippen LogP contribution is -2.46. The predicted molar refractivity (Wildman–Crippen MR) is 72.9 cm³/mol. The molecule has 1 aromatic carbocycles. The Balaban J connectivity index is 1.93. The maximum atomic E-state index is 13.2. The summed E-state index contributed by atoms with van der Waals surface area (Å²) >= 11 is 0. The van der Waals surface area contributed by atoms with Gasteiger partial charge in [-0.3, -0.25) is 0 Å². The second-order valence-electron chi connectivity index (χ2n) is 5.80. The van der Waals surface area contributed by atoms with Gasteiger partial charge in [0.15, 0.2) is 11.6 Å². The van der Waals surface area contributed by atoms with E-state index in [2.05, 4.69) is 10.2 Å². The molecule has 1 saturated carbocycles. The summed E-state index contributed by atoms with van der Waals surface area (Å²) in [6.07, 6.45) is 3.78. The van der Waals surface area contributed by atoms with Crippen molar-refractivity contribution < 1.29 is 8.78 Å². The molecule has 0 unspecified atom stereocenters. The summed E-state index contributed by atoms with van der Waals surface area (Å²) in [7, 11) is 4.02. The third-order valence-electron chi connectivity index (χ3n) is 4.01. The average Bonchev–Trinajstić information content (AvgIpc) is 2.31. The lowest BCUT2D eigenvalue weighted by Gasteiger charge is -2.44. The molecule has 1 aromatic rings. The molecule has 1 N–H and O–H groups in total. The van der Waals surface area contributed by atoms with E-state index in [4.69, 9.17) is 0 Å². The van der Waals surface area contributed by atoms with Crippen LogP contribution in [0.1, 0.15) is 24.8 Å². The van der Waals surface area contributed by atoms with E-state index >= 15 is 0 Å². The highest BCUT2D eigenvalue weighted by Crippen LogP contribution is 2.40. The molecule has 0 amide bonds. The maximum Gasteiger partial charge on any atom is 0.159 e. The number of rotatable bonds is 6. The Kier molecular flexibility index (Phi) is 4.53. The van der Waals surface area contributed by atoms with Crippen LogP contribution in [0.5, 0.6) is 0 Å². The largest absolute Gasteiger partial charge is 0.319 e. The van der Waals surface area contributed by atoms with Gasteiger partial charge in [0.25, 0.3) is 0 Å². The highest BCUT2D eigenvalue weighted by Gasteiger charge is 2.36. The lowest BCUT2D eigenvalue weighted by molar-refractivity contribution is 0.0768. The summed E-state index contributed by atoms with van der Waals surface area (Å²) in [6, 6.07) is 4.14. The molecule has 0 radical (unpaired) electrons. The normalized spacial score (nSPS) is 17.5. The minimum atomic E-state index is -0.781. The zero-order chi connectivity index (χ0) is 13.9. The van der Waals surface area contributed by atoms with Crippen molar-refractivity contribution in [2.75, 3.05) is 27.2 Å². The fraction of sp³-hybridized carbons (Fsp3) is 0.600. The standard InChI is InChI=1S/C15H22F2N2/c1-18-10-15(6-3-7-15)11-19(2)9-12-4-5-13(16)14(17)8-12/h4-5,8,18H,3,6-7,9-11H2,1-2H3. The molecule has 2 nitrogen and oxygen atoms in total. The smallest absolute Gasteiger partial charge is 0.159 e. The number of hydrogen-bond acceptors (Lipinski definition) is 2. The van der Waals surface area contributed by atoms with Crippen molar-refractivity contribution in [2.45, 2.75) is 25.8 Å². The Labute approximate surface area is 113 Å². The quantitative estimate of drug-likeness (QED) is 0.853. The van der Waals surface area contributed by atoms with Crippen molar-refractivity contribution in [2.24, 2.45) is 5.41 Å². The Hall–Kier alpha value is -1.00. The number of nitrogens with zero attached hydrogens (tertiary/aromatic N) is 1. The Morgan fingerprint density at radius 2 is 2.00 bits per heavy atom. The first-order valence-electron chi connectivity index (χ1n) is 6.82. The highest BCUT2D eigenvalue weighted by molar-refractivity contribution is 5.17. The molecule has 106 valence electrons. The van der Waals surface area contributed by atoms with Crippen molar-refractivity contribution in [1.82, 2.24) is 10.2 Å². The molecule has 0 spiro atoms. The van der Waals surface area contributed by atoms with Gasteiger partial charge in [0.05, 0.1) is 0 Å². The summed E-state index contributed by atoms with van der Waals surface area (Å²) in [6.45, 7) is 2.67. The first kappa shape index (κ1) is 14.4. The second-order valence-corrected chi connectivity index (χ2v) is 5.80. The monoisotopic (exact) mass is 268 g/mol. The van der Waals surface area contributed by atoms with Gasteiger partial charge in [0, 0.05) is 19.6 Å². The fourth-order valence-electron chi connectivity index (χ4n) is 3.02. The van der Waals surface area contributed by atoms with Crippen LogP contribution in [0.15, 0.2) is 18.2 Å². The molecule has 0 atom stereocenters. The molecule has 1 aliphatic rings. The number of halogens is 2. The molecule has 0 bridgehead atoms. The Morgan fingerprint density at radius 3 is 2.53 bits per heavy atom. The zero-order valence-electron chi connectivity index (χ0n) is 11.7.